The number of hydrogen-bond acceptors (Lipinski definition) is 2. The third kappa shape index (κ3) is 463. The summed E-state index contributed by atoms with van der Waals surface area (Å²) in [7, 11) is 0. The van der Waals surface area contributed by atoms with E-state index in [0.717, 1.165) is 13.2 Å². The molecule has 0 unspecified atom stereocenters. The van der Waals surface area contributed by atoms with Crippen molar-refractivity contribution in [1.29, 1.82) is 0 Å². The summed E-state index contributed by atoms with van der Waals surface area (Å²) in [5.74, 6) is 0. The Morgan fingerprint density at radius 2 is 1.45 bits per heavy atom. The highest BCUT2D eigenvalue weighted by atomic mass is 16.6. The lowest BCUT2D eigenvalue weighted by Crippen LogP contribution is -1.84. The summed E-state index contributed by atoms with van der Waals surface area (Å²) in [6, 6.07) is 0. The first-order valence-corrected chi connectivity index (χ1v) is 3.14. The van der Waals surface area contributed by atoms with Gasteiger partial charge in [-0.15, -0.1) is 13.2 Å². The van der Waals surface area contributed by atoms with Crippen LogP contribution in [-0.2, 0) is 4.74 Å². The number of carbonyl (C=O) groups is 1. The smallest absolute Gasteiger partial charge is 0.450 e. The highest BCUT2D eigenvalue weighted by Crippen LogP contribution is 1.64. The molecule has 4 nitrogen and oxygen atoms in total. The van der Waals surface area contributed by atoms with Crippen LogP contribution < -0.4 is 0 Å². The van der Waals surface area contributed by atoms with Gasteiger partial charge in [0, 0.05) is 13.2 Å². The molecular weight excluding hydrogens is 148 g/mol. The van der Waals surface area contributed by atoms with Crippen molar-refractivity contribution >= 4 is 6.16 Å². The molecule has 0 radical (unpaired) electrons. The van der Waals surface area contributed by atoms with Crippen molar-refractivity contribution in [2.24, 2.45) is 0 Å². The zero-order chi connectivity index (χ0) is 9.70. The molecular formula is C7H16O4. The lowest BCUT2D eigenvalue weighted by molar-refractivity contribution is 0.137. The fourth-order valence-electron chi connectivity index (χ4n) is 0.204. The van der Waals surface area contributed by atoms with Crippen molar-refractivity contribution < 1.29 is 19.7 Å². The van der Waals surface area contributed by atoms with Crippen LogP contribution in [0.4, 0.5) is 4.79 Å². The lowest BCUT2D eigenvalue weighted by Gasteiger charge is -1.86. The minimum absolute atomic E-state index is 0.844. The average Bonchev–Trinajstić information content (AvgIpc) is 1.93. The Morgan fingerprint density at radius 1 is 1.27 bits per heavy atom. The van der Waals surface area contributed by atoms with Crippen molar-refractivity contribution in [2.45, 2.75) is 13.8 Å². The maximum atomic E-state index is 8.56. The van der Waals surface area contributed by atoms with Crippen LogP contribution in [-0.4, -0.2) is 29.6 Å². The van der Waals surface area contributed by atoms with Crippen LogP contribution in [0.1, 0.15) is 13.8 Å². The van der Waals surface area contributed by atoms with E-state index in [1.807, 2.05) is 13.8 Å². The summed E-state index contributed by atoms with van der Waals surface area (Å²) in [6.07, 6.45) is -1.83. The molecule has 0 aliphatic rings. The second kappa shape index (κ2) is 23.1. The van der Waals surface area contributed by atoms with Gasteiger partial charge in [-0.3, -0.25) is 0 Å². The molecule has 4 heteroatoms. The minimum atomic E-state index is -1.83. The average molecular weight is 164 g/mol. The predicted octanol–water partition coefficient (Wildman–Crippen LogP) is 2.07. The maximum Gasteiger partial charge on any atom is 0.503 e. The minimum Gasteiger partial charge on any atom is -0.450 e. The van der Waals surface area contributed by atoms with Crippen LogP contribution >= 0.6 is 0 Å². The molecule has 11 heavy (non-hydrogen) atoms. The van der Waals surface area contributed by atoms with Crippen LogP contribution in [0.5, 0.6) is 0 Å². The van der Waals surface area contributed by atoms with Gasteiger partial charge in [-0.25, -0.2) is 4.79 Å². The maximum absolute atomic E-state index is 8.56. The Morgan fingerprint density at radius 3 is 1.45 bits per heavy atom. The molecule has 0 aromatic rings. The highest BCUT2D eigenvalue weighted by molar-refractivity contribution is 5.53. The SMILES string of the molecule is C=C.CCOCC.O=C(O)O. The van der Waals surface area contributed by atoms with Gasteiger partial charge in [0.05, 0.1) is 0 Å². The third-order valence-corrected chi connectivity index (χ3v) is 0.408. The van der Waals surface area contributed by atoms with Gasteiger partial charge in [-0.1, -0.05) is 0 Å². The van der Waals surface area contributed by atoms with Gasteiger partial charge in [-0.05, 0) is 13.8 Å². The molecule has 0 spiro atoms. The molecule has 68 valence electrons. The Labute approximate surface area is 67.1 Å². The van der Waals surface area contributed by atoms with Gasteiger partial charge in [0.15, 0.2) is 0 Å². The summed E-state index contributed by atoms with van der Waals surface area (Å²) in [6.45, 7) is 11.7. The topological polar surface area (TPSA) is 66.8 Å². The molecule has 0 fully saturated rings. The van der Waals surface area contributed by atoms with E-state index in [2.05, 4.69) is 13.2 Å². The summed E-state index contributed by atoms with van der Waals surface area (Å²) in [5.41, 5.74) is 0. The molecule has 0 atom stereocenters. The third-order valence-electron chi connectivity index (χ3n) is 0.408. The number of rotatable bonds is 2. The van der Waals surface area contributed by atoms with Crippen molar-refractivity contribution in [1.82, 2.24) is 0 Å². The summed E-state index contributed by atoms with van der Waals surface area (Å²) < 4.78 is 4.83. The molecule has 0 aromatic carbocycles. The lowest BCUT2D eigenvalue weighted by atomic mass is 10.8. The predicted molar refractivity (Wildman–Crippen MR) is 44.1 cm³/mol. The Hall–Kier alpha value is -1.03. The van der Waals surface area contributed by atoms with Gasteiger partial charge >= 0.3 is 6.16 Å². The zero-order valence-corrected chi connectivity index (χ0v) is 7.04. The van der Waals surface area contributed by atoms with E-state index < -0.39 is 6.16 Å². The van der Waals surface area contributed by atoms with Crippen LogP contribution in [0, 0.1) is 0 Å². The Kier molecular flexibility index (Phi) is 34.6. The van der Waals surface area contributed by atoms with Gasteiger partial charge in [0.2, 0.25) is 0 Å². The summed E-state index contributed by atoms with van der Waals surface area (Å²) >= 11 is 0. The second-order valence-electron chi connectivity index (χ2n) is 1.06. The first-order chi connectivity index (χ1) is 5.15. The first-order valence-electron chi connectivity index (χ1n) is 3.14. The van der Waals surface area contributed by atoms with Gasteiger partial charge in [-0.2, -0.15) is 0 Å². The van der Waals surface area contributed by atoms with Crippen LogP contribution in [0.25, 0.3) is 0 Å². The molecule has 0 amide bonds. The van der Waals surface area contributed by atoms with Crippen molar-refractivity contribution in [2.75, 3.05) is 13.2 Å². The van der Waals surface area contributed by atoms with Crippen molar-refractivity contribution in [3.05, 3.63) is 13.2 Å². The molecule has 0 saturated heterocycles. The van der Waals surface area contributed by atoms with Gasteiger partial charge in [0.25, 0.3) is 0 Å². The largest absolute Gasteiger partial charge is 0.503 e. The van der Waals surface area contributed by atoms with E-state index in [1.165, 1.54) is 0 Å². The highest BCUT2D eigenvalue weighted by Gasteiger charge is 1.70. The number of carboxylic acid groups (broad SMARTS) is 2. The molecule has 0 bridgehead atoms. The van der Waals surface area contributed by atoms with E-state index in [1.54, 1.807) is 0 Å². The normalized spacial score (nSPS) is 6.36. The second-order valence-corrected chi connectivity index (χ2v) is 1.06. The van der Waals surface area contributed by atoms with Gasteiger partial charge in [0.1, 0.15) is 0 Å². The molecule has 0 saturated carbocycles. The first kappa shape index (κ1) is 16.5. The Bertz CT molecular complexity index is 66.8. The van der Waals surface area contributed by atoms with Crippen molar-refractivity contribution in [3.8, 4) is 0 Å². The molecule has 0 aliphatic carbocycles. The fraction of sp³-hybridized carbons (Fsp3) is 0.571. The summed E-state index contributed by atoms with van der Waals surface area (Å²) in [5, 5.41) is 13.9. The molecule has 0 aliphatic heterocycles. The molecule has 0 rings (SSSR count). The molecule has 2 N–H and O–H groups in total. The monoisotopic (exact) mass is 164 g/mol. The van der Waals surface area contributed by atoms with E-state index in [-0.39, 0.29) is 0 Å². The van der Waals surface area contributed by atoms with Crippen LogP contribution in [0.3, 0.4) is 0 Å². The van der Waals surface area contributed by atoms with E-state index in [9.17, 15) is 0 Å². The molecule has 0 heterocycles. The zero-order valence-electron chi connectivity index (χ0n) is 7.04. The van der Waals surface area contributed by atoms with Crippen molar-refractivity contribution in [3.63, 3.8) is 0 Å². The quantitative estimate of drug-likeness (QED) is 0.613. The Balaban J connectivity index is -0.0000000965. The standard InChI is InChI=1S/C4H10O.C2H4.CH2O3/c1-3-5-4-2;1-2;2-1(3)4/h3-4H2,1-2H3;1-2H2;(H2,2,3,4). The fourth-order valence-corrected chi connectivity index (χ4v) is 0.204. The molecule has 0 aromatic heterocycles. The van der Waals surface area contributed by atoms with E-state index in [4.69, 9.17) is 19.7 Å². The van der Waals surface area contributed by atoms with Gasteiger partial charge < -0.3 is 14.9 Å². The van der Waals surface area contributed by atoms with Crippen LogP contribution in [0.15, 0.2) is 13.2 Å². The number of ether oxygens (including phenoxy) is 1. The summed E-state index contributed by atoms with van der Waals surface area (Å²) in [4.78, 5) is 8.56. The number of hydrogen-bond donors (Lipinski definition) is 2. The van der Waals surface area contributed by atoms with E-state index >= 15 is 0 Å². The van der Waals surface area contributed by atoms with Crippen LogP contribution in [0.2, 0.25) is 0 Å². The van der Waals surface area contributed by atoms with E-state index in [0.29, 0.717) is 0 Å².